The van der Waals surface area contributed by atoms with Crippen molar-refractivity contribution in [2.24, 2.45) is 0 Å². The zero-order valence-corrected chi connectivity index (χ0v) is 11.9. The minimum absolute atomic E-state index is 0.0941. The topological polar surface area (TPSA) is 66.4 Å². The summed E-state index contributed by atoms with van der Waals surface area (Å²) >= 11 is 0. The Morgan fingerprint density at radius 3 is 2.48 bits per heavy atom. The maximum absolute atomic E-state index is 13.1. The Morgan fingerprint density at radius 2 is 1.95 bits per heavy atom. The Morgan fingerprint density at radius 1 is 1.33 bits per heavy atom. The Kier molecular flexibility index (Phi) is 5.57. The van der Waals surface area contributed by atoms with E-state index >= 15 is 0 Å². The molecule has 1 rings (SSSR count). The molecule has 0 radical (unpaired) electrons. The molecule has 0 saturated carbocycles. The van der Waals surface area contributed by atoms with Gasteiger partial charge in [-0.3, -0.25) is 0 Å². The fourth-order valence-corrected chi connectivity index (χ4v) is 2.63. The van der Waals surface area contributed by atoms with E-state index < -0.39 is 26.1 Å². The Balaban J connectivity index is 3.18. The third-order valence-corrected chi connectivity index (χ3v) is 4.26. The first kappa shape index (κ1) is 17.7. The normalized spacial score (nSPS) is 14.0. The average molecular weight is 329 g/mol. The van der Waals surface area contributed by atoms with Crippen LogP contribution >= 0.6 is 0 Å². The average Bonchev–Trinajstić information content (AvgIpc) is 2.37. The molecule has 120 valence electrons. The molecule has 0 aliphatic carbocycles. The maximum atomic E-state index is 13.1. The molecule has 0 aliphatic rings. The van der Waals surface area contributed by atoms with E-state index in [0.717, 1.165) is 12.1 Å². The Hall–Kier alpha value is -1.35. The summed E-state index contributed by atoms with van der Waals surface area (Å²) in [6.07, 6.45) is 0.816. The van der Waals surface area contributed by atoms with Crippen molar-refractivity contribution in [3.8, 4) is 0 Å². The van der Waals surface area contributed by atoms with Gasteiger partial charge in [0.25, 0.3) is 9.84 Å². The first-order valence-corrected chi connectivity index (χ1v) is 7.56. The molecule has 21 heavy (non-hydrogen) atoms. The van der Waals surface area contributed by atoms with Gasteiger partial charge in [-0.1, -0.05) is 0 Å². The largest absolute Gasteiger partial charge is 0.501 e. The second-order valence-electron chi connectivity index (χ2n) is 4.50. The summed E-state index contributed by atoms with van der Waals surface area (Å²) < 4.78 is 73.8. The molecule has 1 aromatic rings. The van der Waals surface area contributed by atoms with Gasteiger partial charge >= 0.3 is 5.51 Å². The molecule has 2 N–H and O–H groups in total. The number of benzene rings is 1. The summed E-state index contributed by atoms with van der Waals surface area (Å²) in [7, 11) is -5.65. The van der Waals surface area contributed by atoms with Crippen LogP contribution in [0.2, 0.25) is 0 Å². The van der Waals surface area contributed by atoms with E-state index in [1.807, 2.05) is 0 Å². The van der Waals surface area contributed by atoms with Gasteiger partial charge in [0.05, 0.1) is 5.69 Å². The molecule has 0 bridgehead atoms. The van der Waals surface area contributed by atoms with Gasteiger partial charge in [0, 0.05) is 12.6 Å². The number of halogens is 4. The monoisotopic (exact) mass is 329 g/mol. The van der Waals surface area contributed by atoms with Crippen LogP contribution in [0.1, 0.15) is 19.8 Å². The van der Waals surface area contributed by atoms with Crippen molar-refractivity contribution in [2.75, 3.05) is 11.9 Å². The molecule has 1 aromatic carbocycles. The molecule has 0 fully saturated rings. The Bertz CT molecular complexity index is 587. The molecule has 0 heterocycles. The van der Waals surface area contributed by atoms with Crippen molar-refractivity contribution in [3.05, 3.63) is 24.0 Å². The first-order chi connectivity index (χ1) is 9.59. The lowest BCUT2D eigenvalue weighted by atomic mass is 10.2. The number of aliphatic hydroxyl groups excluding tert-OH is 1. The summed E-state index contributed by atoms with van der Waals surface area (Å²) in [6.45, 7) is 1.52. The van der Waals surface area contributed by atoms with Gasteiger partial charge in [-0.25, -0.2) is 12.8 Å². The smallest absolute Gasteiger partial charge is 0.396 e. The quantitative estimate of drug-likeness (QED) is 0.788. The number of rotatable bonds is 6. The first-order valence-electron chi connectivity index (χ1n) is 6.08. The van der Waals surface area contributed by atoms with Crippen LogP contribution in [-0.2, 0) is 9.84 Å². The maximum Gasteiger partial charge on any atom is 0.501 e. The highest BCUT2D eigenvalue weighted by Gasteiger charge is 2.48. The Labute approximate surface area is 119 Å². The molecule has 1 unspecified atom stereocenters. The van der Waals surface area contributed by atoms with Crippen molar-refractivity contribution < 1.29 is 31.1 Å². The number of sulfone groups is 1. The van der Waals surface area contributed by atoms with E-state index in [2.05, 4.69) is 5.32 Å². The van der Waals surface area contributed by atoms with Crippen molar-refractivity contribution in [3.63, 3.8) is 0 Å². The van der Waals surface area contributed by atoms with Crippen LogP contribution in [0, 0.1) is 5.82 Å². The van der Waals surface area contributed by atoms with E-state index in [1.165, 1.54) is 0 Å². The zero-order chi connectivity index (χ0) is 16.3. The van der Waals surface area contributed by atoms with Gasteiger partial charge in [0.15, 0.2) is 0 Å². The number of anilines is 1. The van der Waals surface area contributed by atoms with Crippen LogP contribution in [0.25, 0.3) is 0 Å². The number of hydrogen-bond acceptors (Lipinski definition) is 4. The highest BCUT2D eigenvalue weighted by Crippen LogP contribution is 2.35. The number of aliphatic hydroxyl groups is 1. The molecular weight excluding hydrogens is 314 g/mol. The van der Waals surface area contributed by atoms with Crippen LogP contribution in [0.4, 0.5) is 23.2 Å². The minimum Gasteiger partial charge on any atom is -0.396 e. The van der Waals surface area contributed by atoms with Gasteiger partial charge in [0.2, 0.25) is 0 Å². The number of nitrogens with one attached hydrogen (secondary N) is 1. The molecule has 0 aromatic heterocycles. The number of alkyl halides is 3. The van der Waals surface area contributed by atoms with E-state index in [4.69, 9.17) is 5.11 Å². The SMILES string of the molecule is CC(CCCO)Nc1ccc(F)cc1S(=O)(=O)C(F)(F)F. The summed E-state index contributed by atoms with van der Waals surface area (Å²) in [5.41, 5.74) is -5.83. The molecule has 0 spiro atoms. The fourth-order valence-electron chi connectivity index (χ4n) is 1.70. The van der Waals surface area contributed by atoms with Crippen LogP contribution < -0.4 is 5.32 Å². The van der Waals surface area contributed by atoms with Crippen LogP contribution in [0.3, 0.4) is 0 Å². The second kappa shape index (κ2) is 6.61. The molecular formula is C12H15F4NO3S. The third-order valence-electron chi connectivity index (χ3n) is 2.74. The number of hydrogen-bond donors (Lipinski definition) is 2. The van der Waals surface area contributed by atoms with Crippen LogP contribution in [0.15, 0.2) is 23.1 Å². The van der Waals surface area contributed by atoms with Crippen LogP contribution in [0.5, 0.6) is 0 Å². The zero-order valence-electron chi connectivity index (χ0n) is 11.1. The van der Waals surface area contributed by atoms with E-state index in [-0.39, 0.29) is 18.3 Å². The summed E-state index contributed by atoms with van der Waals surface area (Å²) in [5, 5.41) is 11.3. The standard InChI is InChI=1S/C12H15F4NO3S/c1-8(3-2-6-18)17-10-5-4-9(13)7-11(10)21(19,20)12(14,15)16/h4-5,7-8,17-18H,2-3,6H2,1H3. The van der Waals surface area contributed by atoms with E-state index in [1.54, 1.807) is 6.92 Å². The second-order valence-corrected chi connectivity index (χ2v) is 6.41. The molecule has 9 heteroatoms. The highest BCUT2D eigenvalue weighted by atomic mass is 32.2. The van der Waals surface area contributed by atoms with Crippen molar-refractivity contribution in [1.29, 1.82) is 0 Å². The summed E-state index contributed by atoms with van der Waals surface area (Å²) in [5.74, 6) is -1.08. The van der Waals surface area contributed by atoms with Gasteiger partial charge in [0.1, 0.15) is 10.7 Å². The highest BCUT2D eigenvalue weighted by molar-refractivity contribution is 7.92. The lowest BCUT2D eigenvalue weighted by molar-refractivity contribution is -0.0435. The fraction of sp³-hybridized carbons (Fsp3) is 0.500. The molecule has 0 amide bonds. The molecule has 4 nitrogen and oxygen atoms in total. The summed E-state index contributed by atoms with van der Waals surface area (Å²) in [4.78, 5) is -1.15. The molecule has 0 saturated heterocycles. The van der Waals surface area contributed by atoms with Gasteiger partial charge < -0.3 is 10.4 Å². The van der Waals surface area contributed by atoms with Crippen molar-refractivity contribution in [1.82, 2.24) is 0 Å². The predicted molar refractivity (Wildman–Crippen MR) is 69.0 cm³/mol. The van der Waals surface area contributed by atoms with E-state index in [0.29, 0.717) is 18.9 Å². The summed E-state index contributed by atoms with van der Waals surface area (Å²) in [6, 6.07) is 1.77. The molecule has 1 atom stereocenters. The van der Waals surface area contributed by atoms with Gasteiger partial charge in [-0.05, 0) is 38.0 Å². The third kappa shape index (κ3) is 4.31. The van der Waals surface area contributed by atoms with E-state index in [9.17, 15) is 26.0 Å². The minimum atomic E-state index is -5.65. The van der Waals surface area contributed by atoms with Crippen LogP contribution in [-0.4, -0.2) is 31.7 Å². The van der Waals surface area contributed by atoms with Crippen molar-refractivity contribution >= 4 is 15.5 Å². The van der Waals surface area contributed by atoms with Gasteiger partial charge in [-0.15, -0.1) is 0 Å². The lowest BCUT2D eigenvalue weighted by Crippen LogP contribution is -2.26. The van der Waals surface area contributed by atoms with Gasteiger partial charge in [-0.2, -0.15) is 13.2 Å². The molecule has 0 aliphatic heterocycles. The lowest BCUT2D eigenvalue weighted by Gasteiger charge is -2.18. The predicted octanol–water partition coefficient (Wildman–Crippen LogP) is 2.69. The van der Waals surface area contributed by atoms with Crippen molar-refractivity contribution in [2.45, 2.75) is 36.2 Å².